The minimum absolute atomic E-state index is 0.596. The smallest absolute Gasteiger partial charge is 0.0713 e. The van der Waals surface area contributed by atoms with Crippen molar-refractivity contribution in [1.82, 2.24) is 5.32 Å². The standard InChI is InChI=1S/C19H40ClN/c1-2-3-4-5-6-7-8-9-10-11-12-13-14-15-16-17-18-21-19-20/h21H,2-19H2,1H3. The molecular weight excluding hydrogens is 278 g/mol. The fourth-order valence-corrected chi connectivity index (χ4v) is 3.00. The van der Waals surface area contributed by atoms with Crippen LogP contribution in [0.3, 0.4) is 0 Å². The number of halogens is 1. The van der Waals surface area contributed by atoms with Crippen LogP contribution < -0.4 is 5.32 Å². The van der Waals surface area contributed by atoms with Crippen molar-refractivity contribution < 1.29 is 0 Å². The highest BCUT2D eigenvalue weighted by Crippen LogP contribution is 2.13. The van der Waals surface area contributed by atoms with Crippen molar-refractivity contribution in [3.63, 3.8) is 0 Å². The quantitative estimate of drug-likeness (QED) is 0.162. The van der Waals surface area contributed by atoms with Gasteiger partial charge in [-0.2, -0.15) is 0 Å². The summed E-state index contributed by atoms with van der Waals surface area (Å²) in [6.07, 6.45) is 22.9. The van der Waals surface area contributed by atoms with E-state index in [1.54, 1.807) is 0 Å². The fourth-order valence-electron chi connectivity index (χ4n) is 2.86. The third kappa shape index (κ3) is 20.2. The predicted molar refractivity (Wildman–Crippen MR) is 98.3 cm³/mol. The molecule has 0 spiro atoms. The SMILES string of the molecule is CCCCCCCCCCCCCCCCCCNCCl. The lowest BCUT2D eigenvalue weighted by Gasteiger charge is -2.03. The van der Waals surface area contributed by atoms with Gasteiger partial charge >= 0.3 is 0 Å². The summed E-state index contributed by atoms with van der Waals surface area (Å²) in [5.74, 6) is 0. The molecule has 0 saturated carbocycles. The zero-order valence-electron chi connectivity index (χ0n) is 14.6. The van der Waals surface area contributed by atoms with E-state index in [0.717, 1.165) is 6.54 Å². The molecule has 0 unspecified atom stereocenters. The topological polar surface area (TPSA) is 12.0 Å². The summed E-state index contributed by atoms with van der Waals surface area (Å²) in [4.78, 5) is 0. The Hall–Kier alpha value is 0.250. The summed E-state index contributed by atoms with van der Waals surface area (Å²) in [6, 6.07) is 0.596. The van der Waals surface area contributed by atoms with Crippen LogP contribution in [0.5, 0.6) is 0 Å². The highest BCUT2D eigenvalue weighted by molar-refractivity contribution is 6.17. The van der Waals surface area contributed by atoms with Crippen LogP contribution >= 0.6 is 11.6 Å². The number of hydrogen-bond donors (Lipinski definition) is 1. The number of alkyl halides is 1. The van der Waals surface area contributed by atoms with Gasteiger partial charge in [0, 0.05) is 0 Å². The molecule has 0 aliphatic rings. The van der Waals surface area contributed by atoms with E-state index in [4.69, 9.17) is 11.6 Å². The molecule has 0 aromatic heterocycles. The monoisotopic (exact) mass is 317 g/mol. The number of hydrogen-bond acceptors (Lipinski definition) is 1. The second-order valence-electron chi connectivity index (χ2n) is 6.44. The molecular formula is C19H40ClN. The molecule has 1 N–H and O–H groups in total. The largest absolute Gasteiger partial charge is 0.304 e. The van der Waals surface area contributed by atoms with Crippen LogP contribution in [0.15, 0.2) is 0 Å². The van der Waals surface area contributed by atoms with Gasteiger partial charge < -0.3 is 5.32 Å². The summed E-state index contributed by atoms with van der Waals surface area (Å²) < 4.78 is 0. The van der Waals surface area contributed by atoms with E-state index in [-0.39, 0.29) is 0 Å². The van der Waals surface area contributed by atoms with Gasteiger partial charge in [0.05, 0.1) is 6.00 Å². The minimum atomic E-state index is 0.596. The molecule has 1 nitrogen and oxygen atoms in total. The van der Waals surface area contributed by atoms with Gasteiger partial charge in [0.25, 0.3) is 0 Å². The van der Waals surface area contributed by atoms with Crippen molar-refractivity contribution in [2.24, 2.45) is 0 Å². The first kappa shape index (κ1) is 21.2. The molecule has 0 heterocycles. The maximum atomic E-state index is 5.56. The summed E-state index contributed by atoms with van der Waals surface area (Å²) in [7, 11) is 0. The van der Waals surface area contributed by atoms with E-state index in [2.05, 4.69) is 12.2 Å². The number of rotatable bonds is 18. The molecule has 21 heavy (non-hydrogen) atoms. The van der Waals surface area contributed by atoms with Crippen LogP contribution in [0.4, 0.5) is 0 Å². The average molecular weight is 318 g/mol. The Kier molecular flexibility index (Phi) is 20.5. The van der Waals surface area contributed by atoms with Gasteiger partial charge in [0.15, 0.2) is 0 Å². The van der Waals surface area contributed by atoms with Crippen molar-refractivity contribution in [1.29, 1.82) is 0 Å². The Bertz CT molecular complexity index is 155. The number of unbranched alkanes of at least 4 members (excludes halogenated alkanes) is 15. The Labute approximate surface area is 139 Å². The first-order valence-corrected chi connectivity index (χ1v) is 10.2. The summed E-state index contributed by atoms with van der Waals surface area (Å²) >= 11 is 5.56. The van der Waals surface area contributed by atoms with Crippen LogP contribution in [-0.2, 0) is 0 Å². The van der Waals surface area contributed by atoms with Crippen LogP contribution in [-0.4, -0.2) is 12.5 Å². The molecule has 0 rings (SSSR count). The van der Waals surface area contributed by atoms with E-state index < -0.39 is 0 Å². The van der Waals surface area contributed by atoms with Gasteiger partial charge in [-0.15, -0.1) is 11.6 Å². The molecule has 0 aliphatic heterocycles. The highest BCUT2D eigenvalue weighted by atomic mass is 35.5. The lowest BCUT2D eigenvalue weighted by atomic mass is 10.0. The molecule has 0 amide bonds. The lowest BCUT2D eigenvalue weighted by molar-refractivity contribution is 0.527. The average Bonchev–Trinajstić information content (AvgIpc) is 2.50. The number of nitrogens with one attached hydrogen (secondary N) is 1. The van der Waals surface area contributed by atoms with Crippen LogP contribution in [0.25, 0.3) is 0 Å². The Balaban J connectivity index is 2.90. The fraction of sp³-hybridized carbons (Fsp3) is 1.00. The van der Waals surface area contributed by atoms with Crippen molar-refractivity contribution in [3.8, 4) is 0 Å². The zero-order chi connectivity index (χ0) is 15.4. The van der Waals surface area contributed by atoms with Gasteiger partial charge in [-0.1, -0.05) is 103 Å². The molecule has 0 radical (unpaired) electrons. The summed E-state index contributed by atoms with van der Waals surface area (Å²) in [6.45, 7) is 3.38. The maximum Gasteiger partial charge on any atom is 0.0713 e. The zero-order valence-corrected chi connectivity index (χ0v) is 15.4. The van der Waals surface area contributed by atoms with E-state index in [1.165, 1.54) is 103 Å². The summed E-state index contributed by atoms with van der Waals surface area (Å²) in [5.41, 5.74) is 0. The molecule has 0 aliphatic carbocycles. The Morgan fingerprint density at radius 1 is 0.524 bits per heavy atom. The van der Waals surface area contributed by atoms with Crippen LogP contribution in [0.2, 0.25) is 0 Å². The second kappa shape index (κ2) is 20.2. The third-order valence-electron chi connectivity index (χ3n) is 4.30. The lowest BCUT2D eigenvalue weighted by Crippen LogP contribution is -2.12. The Morgan fingerprint density at radius 2 is 0.857 bits per heavy atom. The van der Waals surface area contributed by atoms with Crippen molar-refractivity contribution >= 4 is 11.6 Å². The summed E-state index contributed by atoms with van der Waals surface area (Å²) in [5, 5.41) is 3.16. The van der Waals surface area contributed by atoms with Gasteiger partial charge in [-0.05, 0) is 13.0 Å². The maximum absolute atomic E-state index is 5.56. The first-order valence-electron chi connectivity index (χ1n) is 9.68. The molecule has 128 valence electrons. The van der Waals surface area contributed by atoms with E-state index >= 15 is 0 Å². The molecule has 0 aromatic carbocycles. The third-order valence-corrected chi connectivity index (χ3v) is 4.49. The first-order chi connectivity index (χ1) is 10.4. The van der Waals surface area contributed by atoms with Crippen molar-refractivity contribution in [3.05, 3.63) is 0 Å². The predicted octanol–water partition coefficient (Wildman–Crippen LogP) is 7.03. The minimum Gasteiger partial charge on any atom is -0.304 e. The molecule has 2 heteroatoms. The second-order valence-corrected chi connectivity index (χ2v) is 6.70. The van der Waals surface area contributed by atoms with E-state index in [9.17, 15) is 0 Å². The molecule has 0 aromatic rings. The van der Waals surface area contributed by atoms with Crippen molar-refractivity contribution in [2.75, 3.05) is 12.5 Å². The molecule has 0 bridgehead atoms. The van der Waals surface area contributed by atoms with Gasteiger partial charge in [0.1, 0.15) is 0 Å². The van der Waals surface area contributed by atoms with E-state index in [0.29, 0.717) is 6.00 Å². The molecule has 0 fully saturated rings. The molecule has 0 atom stereocenters. The normalized spacial score (nSPS) is 11.1. The van der Waals surface area contributed by atoms with Crippen LogP contribution in [0, 0.1) is 0 Å². The van der Waals surface area contributed by atoms with Gasteiger partial charge in [-0.3, -0.25) is 0 Å². The van der Waals surface area contributed by atoms with E-state index in [1.807, 2.05) is 0 Å². The van der Waals surface area contributed by atoms with Gasteiger partial charge in [-0.25, -0.2) is 0 Å². The van der Waals surface area contributed by atoms with Crippen LogP contribution in [0.1, 0.15) is 110 Å². The Morgan fingerprint density at radius 3 is 1.19 bits per heavy atom. The van der Waals surface area contributed by atoms with Gasteiger partial charge in [0.2, 0.25) is 0 Å². The molecule has 0 saturated heterocycles. The van der Waals surface area contributed by atoms with Crippen molar-refractivity contribution in [2.45, 2.75) is 110 Å². The highest BCUT2D eigenvalue weighted by Gasteiger charge is 1.94.